The Bertz CT molecular complexity index is 747. The summed E-state index contributed by atoms with van der Waals surface area (Å²) in [6.45, 7) is 4.75. The normalized spacial score (nSPS) is 10.3. The van der Waals surface area contributed by atoms with Crippen molar-refractivity contribution in [2.75, 3.05) is 18.5 Å². The first-order valence-corrected chi connectivity index (χ1v) is 8.88. The van der Waals surface area contributed by atoms with E-state index < -0.39 is 0 Å². The fourth-order valence-electron chi connectivity index (χ4n) is 2.39. The average molecular weight is 375 g/mol. The highest BCUT2D eigenvalue weighted by atomic mass is 35.5. The van der Waals surface area contributed by atoms with E-state index in [1.165, 1.54) is 0 Å². The molecule has 2 aromatic carbocycles. The second kappa shape index (κ2) is 9.82. The molecular formula is C20H23ClN2O3. The number of urea groups is 1. The highest BCUT2D eigenvalue weighted by Crippen LogP contribution is 2.16. The molecule has 26 heavy (non-hydrogen) atoms. The summed E-state index contributed by atoms with van der Waals surface area (Å²) in [7, 11) is 0. The largest absolute Gasteiger partial charge is 0.466 e. The van der Waals surface area contributed by atoms with E-state index in [9.17, 15) is 9.59 Å². The maximum absolute atomic E-state index is 12.7. The Morgan fingerprint density at radius 2 is 1.88 bits per heavy atom. The van der Waals surface area contributed by atoms with E-state index in [1.807, 2.05) is 31.2 Å². The van der Waals surface area contributed by atoms with E-state index in [4.69, 9.17) is 16.3 Å². The van der Waals surface area contributed by atoms with E-state index in [0.29, 0.717) is 23.9 Å². The standard InChI is InChI=1S/C20H23ClN2O3/c1-3-26-19(24)11-12-23(14-16-9-7-15(2)8-10-16)20(25)22-18-6-4-5-17(21)13-18/h4-10,13H,3,11-12,14H2,1-2H3,(H,22,25). The zero-order chi connectivity index (χ0) is 18.9. The molecule has 0 heterocycles. The molecule has 2 amide bonds. The molecule has 5 nitrogen and oxygen atoms in total. The molecule has 0 unspecified atom stereocenters. The van der Waals surface area contributed by atoms with Gasteiger partial charge in [0, 0.05) is 23.8 Å². The number of benzene rings is 2. The number of rotatable bonds is 7. The Morgan fingerprint density at radius 1 is 1.15 bits per heavy atom. The van der Waals surface area contributed by atoms with Crippen molar-refractivity contribution in [1.29, 1.82) is 0 Å². The lowest BCUT2D eigenvalue weighted by Gasteiger charge is -2.23. The van der Waals surface area contributed by atoms with Crippen LogP contribution in [0.2, 0.25) is 5.02 Å². The van der Waals surface area contributed by atoms with Crippen LogP contribution in [0, 0.1) is 6.92 Å². The highest BCUT2D eigenvalue weighted by molar-refractivity contribution is 6.30. The zero-order valence-electron chi connectivity index (χ0n) is 15.0. The third kappa shape index (κ3) is 6.41. The number of nitrogens with zero attached hydrogens (tertiary/aromatic N) is 1. The maximum atomic E-state index is 12.7. The number of carbonyl (C=O) groups is 2. The van der Waals surface area contributed by atoms with Crippen LogP contribution < -0.4 is 5.32 Å². The summed E-state index contributed by atoms with van der Waals surface area (Å²) in [5.41, 5.74) is 2.74. The van der Waals surface area contributed by atoms with Crippen molar-refractivity contribution in [3.8, 4) is 0 Å². The SMILES string of the molecule is CCOC(=O)CCN(Cc1ccc(C)cc1)C(=O)Nc1cccc(Cl)c1. The van der Waals surface area contributed by atoms with Crippen molar-refractivity contribution >= 4 is 29.3 Å². The quantitative estimate of drug-likeness (QED) is 0.718. The van der Waals surface area contributed by atoms with Gasteiger partial charge in [0.2, 0.25) is 0 Å². The molecule has 0 aliphatic rings. The first-order chi connectivity index (χ1) is 12.5. The number of ether oxygens (including phenoxy) is 1. The van der Waals surface area contributed by atoms with Crippen LogP contribution in [0.15, 0.2) is 48.5 Å². The van der Waals surface area contributed by atoms with Crippen LogP contribution in [0.3, 0.4) is 0 Å². The molecule has 2 rings (SSSR count). The van der Waals surface area contributed by atoms with E-state index in [2.05, 4.69) is 5.32 Å². The smallest absolute Gasteiger partial charge is 0.322 e. The minimum absolute atomic E-state index is 0.142. The highest BCUT2D eigenvalue weighted by Gasteiger charge is 2.16. The number of nitrogens with one attached hydrogen (secondary N) is 1. The van der Waals surface area contributed by atoms with Gasteiger partial charge >= 0.3 is 12.0 Å². The number of esters is 1. The molecule has 0 atom stereocenters. The minimum atomic E-state index is -0.322. The summed E-state index contributed by atoms with van der Waals surface area (Å²) in [5.74, 6) is -0.322. The van der Waals surface area contributed by atoms with Crippen LogP contribution in [-0.4, -0.2) is 30.1 Å². The van der Waals surface area contributed by atoms with Gasteiger partial charge in [-0.05, 0) is 37.6 Å². The fraction of sp³-hybridized carbons (Fsp3) is 0.300. The Hall–Kier alpha value is -2.53. The molecule has 0 saturated heterocycles. The number of halogens is 1. The predicted molar refractivity (Wildman–Crippen MR) is 103 cm³/mol. The van der Waals surface area contributed by atoms with Crippen LogP contribution in [0.25, 0.3) is 0 Å². The summed E-state index contributed by atoms with van der Waals surface area (Å²) >= 11 is 5.96. The molecule has 0 saturated carbocycles. The van der Waals surface area contributed by atoms with E-state index >= 15 is 0 Å². The summed E-state index contributed by atoms with van der Waals surface area (Å²) in [6, 6.07) is 14.6. The monoisotopic (exact) mass is 374 g/mol. The topological polar surface area (TPSA) is 58.6 Å². The van der Waals surface area contributed by atoms with Crippen LogP contribution >= 0.6 is 11.6 Å². The maximum Gasteiger partial charge on any atom is 0.322 e. The Kier molecular flexibility index (Phi) is 7.48. The summed E-state index contributed by atoms with van der Waals surface area (Å²) < 4.78 is 4.96. The van der Waals surface area contributed by atoms with Gasteiger partial charge in [0.1, 0.15) is 0 Å². The first-order valence-electron chi connectivity index (χ1n) is 8.50. The molecule has 0 aliphatic heterocycles. The summed E-state index contributed by atoms with van der Waals surface area (Å²) in [5, 5.41) is 3.36. The van der Waals surface area contributed by atoms with Gasteiger partial charge in [-0.1, -0.05) is 47.5 Å². The Morgan fingerprint density at radius 3 is 2.54 bits per heavy atom. The third-order valence-corrected chi connectivity index (χ3v) is 3.98. The van der Waals surface area contributed by atoms with Crippen molar-refractivity contribution in [3.63, 3.8) is 0 Å². The molecular weight excluding hydrogens is 352 g/mol. The van der Waals surface area contributed by atoms with Crippen molar-refractivity contribution in [2.24, 2.45) is 0 Å². The molecule has 2 aromatic rings. The zero-order valence-corrected chi connectivity index (χ0v) is 15.8. The Labute approximate surface area is 158 Å². The number of hydrogen-bond donors (Lipinski definition) is 1. The van der Waals surface area contributed by atoms with Gasteiger partial charge in [0.25, 0.3) is 0 Å². The molecule has 1 N–H and O–H groups in total. The second-order valence-corrected chi connectivity index (χ2v) is 6.34. The molecule has 0 bridgehead atoms. The average Bonchev–Trinajstić information content (AvgIpc) is 2.60. The summed E-state index contributed by atoms with van der Waals surface area (Å²) in [6.07, 6.45) is 0.142. The van der Waals surface area contributed by atoms with Crippen molar-refractivity contribution in [3.05, 3.63) is 64.7 Å². The predicted octanol–water partition coefficient (Wildman–Crippen LogP) is 4.64. The molecule has 0 fully saturated rings. The molecule has 0 aliphatic carbocycles. The molecule has 6 heteroatoms. The van der Waals surface area contributed by atoms with Crippen molar-refractivity contribution < 1.29 is 14.3 Å². The van der Waals surface area contributed by atoms with E-state index in [0.717, 1.165) is 11.1 Å². The first kappa shape index (κ1) is 19.8. The molecule has 0 aromatic heterocycles. The lowest BCUT2D eigenvalue weighted by molar-refractivity contribution is -0.143. The van der Waals surface area contributed by atoms with Crippen LogP contribution in [0.1, 0.15) is 24.5 Å². The van der Waals surface area contributed by atoms with Gasteiger partial charge in [0.05, 0.1) is 13.0 Å². The van der Waals surface area contributed by atoms with Crippen LogP contribution in [0.5, 0.6) is 0 Å². The molecule has 0 spiro atoms. The van der Waals surface area contributed by atoms with E-state index in [1.54, 1.807) is 36.1 Å². The minimum Gasteiger partial charge on any atom is -0.466 e. The Balaban J connectivity index is 2.08. The van der Waals surface area contributed by atoms with Crippen molar-refractivity contribution in [1.82, 2.24) is 4.90 Å². The number of aryl methyl sites for hydroxylation is 1. The van der Waals surface area contributed by atoms with E-state index in [-0.39, 0.29) is 25.0 Å². The van der Waals surface area contributed by atoms with Crippen LogP contribution in [-0.2, 0) is 16.1 Å². The van der Waals surface area contributed by atoms with Crippen molar-refractivity contribution in [2.45, 2.75) is 26.8 Å². The van der Waals surface area contributed by atoms with Gasteiger partial charge in [-0.3, -0.25) is 4.79 Å². The molecule has 138 valence electrons. The van der Waals surface area contributed by atoms with Gasteiger partial charge in [0.15, 0.2) is 0 Å². The summed E-state index contributed by atoms with van der Waals surface area (Å²) in [4.78, 5) is 25.9. The lowest BCUT2D eigenvalue weighted by Crippen LogP contribution is -2.36. The number of hydrogen-bond acceptors (Lipinski definition) is 3. The lowest BCUT2D eigenvalue weighted by atomic mass is 10.1. The van der Waals surface area contributed by atoms with Gasteiger partial charge in [-0.25, -0.2) is 4.79 Å². The number of anilines is 1. The van der Waals surface area contributed by atoms with Gasteiger partial charge in [-0.15, -0.1) is 0 Å². The van der Waals surface area contributed by atoms with Gasteiger partial charge < -0.3 is 15.0 Å². The molecule has 0 radical (unpaired) electrons. The number of amides is 2. The van der Waals surface area contributed by atoms with Crippen LogP contribution in [0.4, 0.5) is 10.5 Å². The fourth-order valence-corrected chi connectivity index (χ4v) is 2.58. The second-order valence-electron chi connectivity index (χ2n) is 5.90. The number of carbonyl (C=O) groups excluding carboxylic acids is 2. The van der Waals surface area contributed by atoms with Gasteiger partial charge in [-0.2, -0.15) is 0 Å². The third-order valence-electron chi connectivity index (χ3n) is 3.75.